The number of hydrogen-bond acceptors (Lipinski definition) is 7. The maximum atomic E-state index is 12.3. The Balaban J connectivity index is 1.59. The predicted molar refractivity (Wildman–Crippen MR) is 97.2 cm³/mol. The summed E-state index contributed by atoms with van der Waals surface area (Å²) >= 11 is 0. The van der Waals surface area contributed by atoms with Crippen LogP contribution in [-0.4, -0.2) is 47.1 Å². The predicted octanol–water partition coefficient (Wildman–Crippen LogP) is 2.72. The Labute approximate surface area is 163 Å². The van der Waals surface area contributed by atoms with Crippen LogP contribution in [0.5, 0.6) is 0 Å². The number of H-pyrrole nitrogens is 1. The lowest BCUT2D eigenvalue weighted by Gasteiger charge is -2.26. The second-order valence-corrected chi connectivity index (χ2v) is 7.21. The maximum absolute atomic E-state index is 12.3. The molecular weight excluding hydrogens is 364 g/mol. The van der Waals surface area contributed by atoms with Crippen LogP contribution >= 0.6 is 0 Å². The van der Waals surface area contributed by atoms with Gasteiger partial charge in [-0.25, -0.2) is 4.79 Å². The van der Waals surface area contributed by atoms with Crippen molar-refractivity contribution in [1.82, 2.24) is 10.2 Å². The molecule has 2 fully saturated rings. The second kappa shape index (κ2) is 7.63. The van der Waals surface area contributed by atoms with E-state index in [0.717, 1.165) is 5.56 Å². The molecule has 0 aliphatic carbocycles. The summed E-state index contributed by atoms with van der Waals surface area (Å²) < 4.78 is 29.3. The first kappa shape index (κ1) is 19.1. The summed E-state index contributed by atoms with van der Waals surface area (Å²) in [5.41, 5.74) is 1.84. The van der Waals surface area contributed by atoms with Crippen LogP contribution in [0.25, 0.3) is 0 Å². The Morgan fingerprint density at radius 1 is 1.25 bits per heavy atom. The minimum absolute atomic E-state index is 0.249. The Morgan fingerprint density at radius 3 is 2.79 bits per heavy atom. The van der Waals surface area contributed by atoms with Crippen molar-refractivity contribution >= 4 is 5.97 Å². The fourth-order valence-corrected chi connectivity index (χ4v) is 3.56. The highest BCUT2D eigenvalue weighted by Crippen LogP contribution is 2.45. The lowest BCUT2D eigenvalue weighted by Crippen LogP contribution is -2.34. The first-order chi connectivity index (χ1) is 13.5. The number of benzene rings is 1. The van der Waals surface area contributed by atoms with Gasteiger partial charge >= 0.3 is 5.97 Å². The van der Waals surface area contributed by atoms with Crippen LogP contribution in [0.3, 0.4) is 0 Å². The van der Waals surface area contributed by atoms with Crippen molar-refractivity contribution in [3.05, 3.63) is 53.3 Å². The minimum Gasteiger partial charge on any atom is -0.461 e. The summed E-state index contributed by atoms with van der Waals surface area (Å²) in [6.07, 6.45) is -0.507. The molecule has 28 heavy (non-hydrogen) atoms. The normalized spacial score (nSPS) is 28.2. The SMILES string of the molecule is CCOC(=O)c1[nH]ncc1[C@H]1O[C@@H]2OC(C)(C)O[C@@H]2[C@@H]1OCc1ccccc1. The van der Waals surface area contributed by atoms with E-state index in [2.05, 4.69) is 10.2 Å². The van der Waals surface area contributed by atoms with Crippen LogP contribution < -0.4 is 0 Å². The number of aromatic amines is 1. The number of aromatic nitrogens is 2. The van der Waals surface area contributed by atoms with Gasteiger partial charge in [-0.15, -0.1) is 0 Å². The number of carbonyl (C=O) groups is 1. The third kappa shape index (κ3) is 3.68. The molecule has 2 saturated heterocycles. The van der Waals surface area contributed by atoms with Crippen molar-refractivity contribution in [2.75, 3.05) is 6.61 Å². The number of fused-ring (bicyclic) bond motifs is 1. The van der Waals surface area contributed by atoms with Crippen LogP contribution in [0.15, 0.2) is 36.5 Å². The molecule has 2 aliphatic heterocycles. The quantitative estimate of drug-likeness (QED) is 0.761. The summed E-state index contributed by atoms with van der Waals surface area (Å²) in [6, 6.07) is 9.84. The molecule has 0 unspecified atom stereocenters. The molecule has 3 heterocycles. The van der Waals surface area contributed by atoms with Crippen molar-refractivity contribution in [2.24, 2.45) is 0 Å². The van der Waals surface area contributed by atoms with Crippen LogP contribution in [-0.2, 0) is 30.3 Å². The van der Waals surface area contributed by atoms with Gasteiger partial charge in [0.15, 0.2) is 12.1 Å². The first-order valence-electron chi connectivity index (χ1n) is 9.35. The van der Waals surface area contributed by atoms with E-state index in [0.29, 0.717) is 12.2 Å². The van der Waals surface area contributed by atoms with Crippen LogP contribution in [0.1, 0.15) is 48.5 Å². The van der Waals surface area contributed by atoms with Crippen molar-refractivity contribution in [3.8, 4) is 0 Å². The van der Waals surface area contributed by atoms with Gasteiger partial charge < -0.3 is 23.7 Å². The fourth-order valence-electron chi connectivity index (χ4n) is 3.56. The number of nitrogens with zero attached hydrogens (tertiary/aromatic N) is 1. The highest BCUT2D eigenvalue weighted by atomic mass is 16.8. The van der Waals surface area contributed by atoms with Gasteiger partial charge in [0.1, 0.15) is 24.0 Å². The number of carbonyl (C=O) groups excluding carboxylic acids is 1. The third-order valence-electron chi connectivity index (χ3n) is 4.73. The highest BCUT2D eigenvalue weighted by Gasteiger charge is 2.56. The van der Waals surface area contributed by atoms with Gasteiger partial charge in [0.25, 0.3) is 0 Å². The molecule has 1 N–H and O–H groups in total. The average molecular weight is 388 g/mol. The number of rotatable bonds is 6. The summed E-state index contributed by atoms with van der Waals surface area (Å²) in [4.78, 5) is 12.3. The van der Waals surface area contributed by atoms with Crippen molar-refractivity contribution in [3.63, 3.8) is 0 Å². The van der Waals surface area contributed by atoms with Crippen LogP contribution in [0.2, 0.25) is 0 Å². The first-order valence-corrected chi connectivity index (χ1v) is 9.35. The van der Waals surface area contributed by atoms with Gasteiger partial charge in [-0.1, -0.05) is 30.3 Å². The van der Waals surface area contributed by atoms with Gasteiger partial charge in [-0.3, -0.25) is 5.10 Å². The molecule has 2 aromatic rings. The van der Waals surface area contributed by atoms with Crippen molar-refractivity contribution in [1.29, 1.82) is 0 Å². The van der Waals surface area contributed by atoms with E-state index >= 15 is 0 Å². The Kier molecular flexibility index (Phi) is 5.20. The van der Waals surface area contributed by atoms with E-state index < -0.39 is 36.4 Å². The second-order valence-electron chi connectivity index (χ2n) is 7.21. The zero-order chi connectivity index (χ0) is 19.7. The summed E-state index contributed by atoms with van der Waals surface area (Å²) in [6.45, 7) is 6.06. The topological polar surface area (TPSA) is 91.9 Å². The standard InChI is InChI=1S/C20H24N2O6/c1-4-24-18(23)14-13(10-21-22-14)15-16(25-11-12-8-6-5-7-9-12)17-19(26-15)28-20(2,3)27-17/h5-10,15-17,19H,4,11H2,1-3H3,(H,21,22)/t15-,16-,17-,19-/m1/s1. The molecule has 4 rings (SSSR count). The largest absolute Gasteiger partial charge is 0.461 e. The average Bonchev–Trinajstić information content (AvgIpc) is 3.33. The van der Waals surface area contributed by atoms with Crippen LogP contribution in [0, 0.1) is 0 Å². The zero-order valence-electron chi connectivity index (χ0n) is 16.1. The van der Waals surface area contributed by atoms with Crippen molar-refractivity contribution < 1.29 is 28.5 Å². The molecule has 1 aromatic heterocycles. The van der Waals surface area contributed by atoms with E-state index in [1.807, 2.05) is 44.2 Å². The molecule has 0 radical (unpaired) electrons. The van der Waals surface area contributed by atoms with Gasteiger partial charge in [-0.2, -0.15) is 5.10 Å². The smallest absolute Gasteiger partial charge is 0.356 e. The summed E-state index contributed by atoms with van der Waals surface area (Å²) in [5, 5.41) is 6.70. The molecule has 8 heteroatoms. The molecule has 1 aromatic carbocycles. The molecular formula is C20H24N2O6. The van der Waals surface area contributed by atoms with Crippen LogP contribution in [0.4, 0.5) is 0 Å². The van der Waals surface area contributed by atoms with E-state index in [4.69, 9.17) is 23.7 Å². The number of ether oxygens (including phenoxy) is 5. The molecule has 150 valence electrons. The Morgan fingerprint density at radius 2 is 2.04 bits per heavy atom. The zero-order valence-corrected chi connectivity index (χ0v) is 16.1. The highest BCUT2D eigenvalue weighted by molar-refractivity contribution is 5.89. The number of hydrogen-bond donors (Lipinski definition) is 1. The Hall–Kier alpha value is -2.26. The van der Waals surface area contributed by atoms with E-state index in [1.165, 1.54) is 0 Å². The summed E-state index contributed by atoms with van der Waals surface area (Å²) in [5.74, 6) is -1.26. The molecule has 0 bridgehead atoms. The molecule has 8 nitrogen and oxygen atoms in total. The van der Waals surface area contributed by atoms with E-state index in [-0.39, 0.29) is 12.3 Å². The van der Waals surface area contributed by atoms with Gasteiger partial charge in [0.05, 0.1) is 19.4 Å². The van der Waals surface area contributed by atoms with Gasteiger partial charge in [0.2, 0.25) is 0 Å². The minimum atomic E-state index is -0.769. The third-order valence-corrected chi connectivity index (χ3v) is 4.73. The number of nitrogens with one attached hydrogen (secondary N) is 1. The summed E-state index contributed by atoms with van der Waals surface area (Å²) in [7, 11) is 0. The van der Waals surface area contributed by atoms with Gasteiger partial charge in [-0.05, 0) is 26.3 Å². The lowest BCUT2D eigenvalue weighted by atomic mass is 10.0. The monoisotopic (exact) mass is 388 g/mol. The van der Waals surface area contributed by atoms with E-state index in [9.17, 15) is 4.79 Å². The molecule has 0 saturated carbocycles. The number of esters is 1. The van der Waals surface area contributed by atoms with Gasteiger partial charge in [0, 0.05) is 5.56 Å². The molecule has 0 spiro atoms. The fraction of sp³-hybridized carbons (Fsp3) is 0.500. The van der Waals surface area contributed by atoms with E-state index in [1.54, 1.807) is 13.1 Å². The maximum Gasteiger partial charge on any atom is 0.356 e. The van der Waals surface area contributed by atoms with Crippen molar-refractivity contribution in [2.45, 2.75) is 57.8 Å². The molecule has 4 atom stereocenters. The lowest BCUT2D eigenvalue weighted by molar-refractivity contribution is -0.220. The molecule has 0 amide bonds. The molecule has 2 aliphatic rings. The Bertz CT molecular complexity index is 821.